The van der Waals surface area contributed by atoms with Crippen molar-refractivity contribution in [3.05, 3.63) is 35.9 Å². The first kappa shape index (κ1) is 16.5. The monoisotopic (exact) mass is 279 g/mol. The molecular formula is C16H25NO3. The van der Waals surface area contributed by atoms with E-state index in [2.05, 4.69) is 6.58 Å². The number of hydrogen-bond donors (Lipinski definition) is 2. The molecule has 1 aromatic carbocycles. The van der Waals surface area contributed by atoms with Gasteiger partial charge in [-0.2, -0.15) is 0 Å². The summed E-state index contributed by atoms with van der Waals surface area (Å²) in [5, 5.41) is 8.90. The second-order valence-corrected chi connectivity index (χ2v) is 4.61. The summed E-state index contributed by atoms with van der Waals surface area (Å²) in [5.41, 5.74) is 8.18. The molecule has 0 aliphatic heterocycles. The minimum atomic E-state index is -0.115. The van der Waals surface area contributed by atoms with E-state index < -0.39 is 0 Å². The molecule has 4 heteroatoms. The standard InChI is InChI=1S/C16H25NO3/c1-4-7-12-10-13(14(17)8-6-9-18)11-15(19-3)16(12)20-5-2/h4,10-11,14,18H,1,5-9,17H2,2-3H3/t14-/m1/s1. The maximum atomic E-state index is 8.90. The predicted octanol–water partition coefficient (Wildman–Crippen LogP) is 2.59. The van der Waals surface area contributed by atoms with Crippen LogP contribution < -0.4 is 15.2 Å². The summed E-state index contributed by atoms with van der Waals surface area (Å²) in [4.78, 5) is 0. The summed E-state index contributed by atoms with van der Waals surface area (Å²) in [6, 6.07) is 3.84. The number of allylic oxidation sites excluding steroid dienone is 1. The molecule has 1 rings (SSSR count). The van der Waals surface area contributed by atoms with Gasteiger partial charge in [-0.3, -0.25) is 0 Å². The van der Waals surface area contributed by atoms with Gasteiger partial charge in [0.1, 0.15) is 0 Å². The van der Waals surface area contributed by atoms with Crippen molar-refractivity contribution in [2.24, 2.45) is 5.73 Å². The molecule has 0 amide bonds. The topological polar surface area (TPSA) is 64.7 Å². The van der Waals surface area contributed by atoms with Crippen LogP contribution in [0.4, 0.5) is 0 Å². The lowest BCUT2D eigenvalue weighted by atomic mass is 9.98. The van der Waals surface area contributed by atoms with Crippen LogP contribution in [-0.2, 0) is 6.42 Å². The van der Waals surface area contributed by atoms with Gasteiger partial charge in [-0.15, -0.1) is 6.58 Å². The first-order valence-electron chi connectivity index (χ1n) is 6.98. The fourth-order valence-electron chi connectivity index (χ4n) is 2.14. The molecule has 0 saturated heterocycles. The third-order valence-corrected chi connectivity index (χ3v) is 3.13. The zero-order valence-corrected chi connectivity index (χ0v) is 12.4. The highest BCUT2D eigenvalue weighted by Crippen LogP contribution is 2.35. The normalized spacial score (nSPS) is 12.0. The molecule has 0 bridgehead atoms. The molecule has 0 unspecified atom stereocenters. The molecule has 0 saturated carbocycles. The Labute approximate surface area is 121 Å². The van der Waals surface area contributed by atoms with Gasteiger partial charge in [-0.25, -0.2) is 0 Å². The quantitative estimate of drug-likeness (QED) is 0.682. The largest absolute Gasteiger partial charge is 0.493 e. The van der Waals surface area contributed by atoms with Gasteiger partial charge in [-0.05, 0) is 43.9 Å². The smallest absolute Gasteiger partial charge is 0.164 e. The van der Waals surface area contributed by atoms with E-state index >= 15 is 0 Å². The number of hydrogen-bond acceptors (Lipinski definition) is 4. The van der Waals surface area contributed by atoms with Crippen LogP contribution in [-0.4, -0.2) is 25.4 Å². The van der Waals surface area contributed by atoms with Gasteiger partial charge >= 0.3 is 0 Å². The highest BCUT2D eigenvalue weighted by molar-refractivity contribution is 5.51. The van der Waals surface area contributed by atoms with Gasteiger partial charge in [0.15, 0.2) is 11.5 Å². The molecular weight excluding hydrogens is 254 g/mol. The van der Waals surface area contributed by atoms with E-state index in [1.165, 1.54) is 0 Å². The molecule has 0 heterocycles. The molecule has 20 heavy (non-hydrogen) atoms. The summed E-state index contributed by atoms with van der Waals surface area (Å²) in [7, 11) is 1.62. The van der Waals surface area contributed by atoms with Crippen molar-refractivity contribution in [2.75, 3.05) is 20.3 Å². The Morgan fingerprint density at radius 1 is 1.45 bits per heavy atom. The number of aliphatic hydroxyl groups is 1. The van der Waals surface area contributed by atoms with Crippen LogP contribution in [0.5, 0.6) is 11.5 Å². The number of methoxy groups -OCH3 is 1. The van der Waals surface area contributed by atoms with E-state index in [-0.39, 0.29) is 12.6 Å². The third-order valence-electron chi connectivity index (χ3n) is 3.13. The summed E-state index contributed by atoms with van der Waals surface area (Å²) < 4.78 is 11.1. The van der Waals surface area contributed by atoms with Crippen LogP contribution in [0.15, 0.2) is 24.8 Å². The van der Waals surface area contributed by atoms with Crippen LogP contribution in [0.2, 0.25) is 0 Å². The second kappa shape index (κ2) is 8.61. The maximum Gasteiger partial charge on any atom is 0.164 e. The third kappa shape index (κ3) is 4.25. The van der Waals surface area contributed by atoms with E-state index in [4.69, 9.17) is 20.3 Å². The van der Waals surface area contributed by atoms with E-state index in [1.807, 2.05) is 25.1 Å². The minimum Gasteiger partial charge on any atom is -0.493 e. The summed E-state index contributed by atoms with van der Waals surface area (Å²) in [5.74, 6) is 1.45. The van der Waals surface area contributed by atoms with Crippen molar-refractivity contribution in [1.82, 2.24) is 0 Å². The van der Waals surface area contributed by atoms with Crippen LogP contribution in [0.25, 0.3) is 0 Å². The first-order valence-corrected chi connectivity index (χ1v) is 6.98. The molecule has 0 aliphatic carbocycles. The molecule has 4 nitrogen and oxygen atoms in total. The average molecular weight is 279 g/mol. The van der Waals surface area contributed by atoms with Gasteiger partial charge in [0.25, 0.3) is 0 Å². The second-order valence-electron chi connectivity index (χ2n) is 4.61. The molecule has 0 fully saturated rings. The van der Waals surface area contributed by atoms with E-state index in [0.29, 0.717) is 25.2 Å². The Morgan fingerprint density at radius 2 is 2.20 bits per heavy atom. The predicted molar refractivity (Wildman–Crippen MR) is 81.3 cm³/mol. The lowest BCUT2D eigenvalue weighted by Crippen LogP contribution is -2.12. The summed E-state index contributed by atoms with van der Waals surface area (Å²) in [6.45, 7) is 6.45. The number of ether oxygens (including phenoxy) is 2. The molecule has 112 valence electrons. The van der Waals surface area contributed by atoms with Crippen molar-refractivity contribution in [1.29, 1.82) is 0 Å². The van der Waals surface area contributed by atoms with Crippen molar-refractivity contribution in [2.45, 2.75) is 32.2 Å². The molecule has 1 atom stereocenters. The van der Waals surface area contributed by atoms with E-state index in [1.54, 1.807) is 7.11 Å². The SMILES string of the molecule is C=CCc1cc([C@H](N)CCCO)cc(OC)c1OCC. The van der Waals surface area contributed by atoms with Crippen LogP contribution >= 0.6 is 0 Å². The Kier molecular flexibility index (Phi) is 7.12. The van der Waals surface area contributed by atoms with Crippen molar-refractivity contribution < 1.29 is 14.6 Å². The Hall–Kier alpha value is -1.52. The molecule has 0 aliphatic rings. The lowest BCUT2D eigenvalue weighted by molar-refractivity contribution is 0.279. The van der Waals surface area contributed by atoms with Crippen molar-refractivity contribution in [3.63, 3.8) is 0 Å². The van der Waals surface area contributed by atoms with Gasteiger partial charge in [0.2, 0.25) is 0 Å². The molecule has 0 aromatic heterocycles. The average Bonchev–Trinajstić information content (AvgIpc) is 2.46. The zero-order chi connectivity index (χ0) is 15.0. The van der Waals surface area contributed by atoms with Crippen molar-refractivity contribution in [3.8, 4) is 11.5 Å². The van der Waals surface area contributed by atoms with Crippen LogP contribution in [0.3, 0.4) is 0 Å². The fraction of sp³-hybridized carbons (Fsp3) is 0.500. The number of rotatable bonds is 9. The van der Waals surface area contributed by atoms with Gasteiger partial charge in [0.05, 0.1) is 13.7 Å². The summed E-state index contributed by atoms with van der Waals surface area (Å²) in [6.07, 6.45) is 3.96. The van der Waals surface area contributed by atoms with Gasteiger partial charge < -0.3 is 20.3 Å². The molecule has 0 spiro atoms. The van der Waals surface area contributed by atoms with E-state index in [0.717, 1.165) is 23.3 Å². The van der Waals surface area contributed by atoms with Crippen LogP contribution in [0.1, 0.15) is 36.9 Å². The van der Waals surface area contributed by atoms with E-state index in [9.17, 15) is 0 Å². The molecule has 3 N–H and O–H groups in total. The molecule has 0 radical (unpaired) electrons. The Balaban J connectivity index is 3.14. The van der Waals surface area contributed by atoms with Crippen LogP contribution in [0, 0.1) is 0 Å². The highest BCUT2D eigenvalue weighted by Gasteiger charge is 2.15. The van der Waals surface area contributed by atoms with Gasteiger partial charge in [-0.1, -0.05) is 6.08 Å². The fourth-order valence-corrected chi connectivity index (χ4v) is 2.14. The Bertz CT molecular complexity index is 432. The Morgan fingerprint density at radius 3 is 2.75 bits per heavy atom. The molecule has 1 aromatic rings. The lowest BCUT2D eigenvalue weighted by Gasteiger charge is -2.18. The minimum absolute atomic E-state index is 0.115. The first-order chi connectivity index (χ1) is 9.67. The van der Waals surface area contributed by atoms with Gasteiger partial charge in [0, 0.05) is 18.2 Å². The highest BCUT2D eigenvalue weighted by atomic mass is 16.5. The maximum absolute atomic E-state index is 8.90. The number of aliphatic hydroxyl groups excluding tert-OH is 1. The number of nitrogens with two attached hydrogens (primary N) is 1. The number of benzene rings is 1. The van der Waals surface area contributed by atoms with Crippen molar-refractivity contribution >= 4 is 0 Å². The summed E-state index contributed by atoms with van der Waals surface area (Å²) >= 11 is 0. The zero-order valence-electron chi connectivity index (χ0n) is 12.4.